The summed E-state index contributed by atoms with van der Waals surface area (Å²) in [7, 11) is 0. The van der Waals surface area contributed by atoms with Crippen LogP contribution in [-0.4, -0.2) is 36.3 Å². The van der Waals surface area contributed by atoms with Crippen LogP contribution < -0.4 is 5.32 Å². The normalized spacial score (nSPS) is 44.2. The second-order valence-electron chi connectivity index (χ2n) is 5.48. The van der Waals surface area contributed by atoms with Crippen LogP contribution in [0.2, 0.25) is 0 Å². The predicted octanol–water partition coefficient (Wildman–Crippen LogP) is 2.43. The van der Waals surface area contributed by atoms with Gasteiger partial charge in [-0.15, -0.1) is 0 Å². The van der Waals surface area contributed by atoms with Gasteiger partial charge in [0.15, 0.2) is 0 Å². The average Bonchev–Trinajstić information content (AvgIpc) is 2.80. The number of ether oxygens (including phenoxy) is 1. The summed E-state index contributed by atoms with van der Waals surface area (Å²) in [6, 6.07) is 1.54. The van der Waals surface area contributed by atoms with E-state index in [1.807, 2.05) is 0 Å². The zero-order chi connectivity index (χ0) is 10.8. The highest BCUT2D eigenvalue weighted by molar-refractivity contribution is 7.99. The van der Waals surface area contributed by atoms with Gasteiger partial charge in [0.05, 0.1) is 6.10 Å². The monoisotopic (exact) mass is 241 g/mol. The molecule has 1 N–H and O–H groups in total. The fourth-order valence-corrected chi connectivity index (χ4v) is 4.64. The molecule has 0 radical (unpaired) electrons. The quantitative estimate of drug-likeness (QED) is 0.802. The van der Waals surface area contributed by atoms with E-state index in [2.05, 4.69) is 17.1 Å². The van der Waals surface area contributed by atoms with Gasteiger partial charge in [0.1, 0.15) is 0 Å². The summed E-state index contributed by atoms with van der Waals surface area (Å²) in [6.45, 7) is 1.01. The molecule has 16 heavy (non-hydrogen) atoms. The van der Waals surface area contributed by atoms with E-state index in [1.165, 1.54) is 50.0 Å². The van der Waals surface area contributed by atoms with E-state index < -0.39 is 0 Å². The Morgan fingerprint density at radius 1 is 1.06 bits per heavy atom. The summed E-state index contributed by atoms with van der Waals surface area (Å²) in [5.74, 6) is 3.52. The van der Waals surface area contributed by atoms with E-state index in [0.29, 0.717) is 6.10 Å². The van der Waals surface area contributed by atoms with Gasteiger partial charge < -0.3 is 10.1 Å². The van der Waals surface area contributed by atoms with E-state index in [-0.39, 0.29) is 0 Å². The summed E-state index contributed by atoms with van der Waals surface area (Å²) in [5.41, 5.74) is 0. The van der Waals surface area contributed by atoms with Crippen LogP contribution >= 0.6 is 11.8 Å². The maximum Gasteiger partial charge on any atom is 0.0619 e. The molecule has 3 aliphatic rings. The highest BCUT2D eigenvalue weighted by Gasteiger charge is 2.38. The van der Waals surface area contributed by atoms with Crippen molar-refractivity contribution in [2.24, 2.45) is 5.92 Å². The lowest BCUT2D eigenvalue weighted by Gasteiger charge is -2.37. The van der Waals surface area contributed by atoms with E-state index in [1.54, 1.807) is 0 Å². The Morgan fingerprint density at radius 3 is 2.94 bits per heavy atom. The van der Waals surface area contributed by atoms with E-state index >= 15 is 0 Å². The van der Waals surface area contributed by atoms with Crippen molar-refractivity contribution in [3.05, 3.63) is 0 Å². The number of fused-ring (bicyclic) bond motifs is 1. The highest BCUT2D eigenvalue weighted by atomic mass is 32.2. The predicted molar refractivity (Wildman–Crippen MR) is 69.0 cm³/mol. The van der Waals surface area contributed by atoms with Crippen LogP contribution in [0.3, 0.4) is 0 Å². The molecular formula is C13H23NOS. The molecule has 2 aliphatic heterocycles. The molecule has 2 saturated heterocycles. The van der Waals surface area contributed by atoms with Gasteiger partial charge >= 0.3 is 0 Å². The Labute approximate surface area is 103 Å². The molecule has 0 aromatic heterocycles. The highest BCUT2D eigenvalue weighted by Crippen LogP contribution is 2.35. The molecule has 0 amide bonds. The number of rotatable bonds is 2. The molecule has 4 unspecified atom stereocenters. The molecule has 3 heteroatoms. The summed E-state index contributed by atoms with van der Waals surface area (Å²) in [4.78, 5) is 0. The summed E-state index contributed by atoms with van der Waals surface area (Å²) in [6.07, 6.45) is 8.72. The molecule has 0 spiro atoms. The third-order valence-corrected chi connectivity index (χ3v) is 5.61. The molecular weight excluding hydrogens is 218 g/mol. The minimum Gasteiger partial charge on any atom is -0.378 e. The molecule has 2 heterocycles. The smallest absolute Gasteiger partial charge is 0.0619 e. The minimum absolute atomic E-state index is 0.586. The topological polar surface area (TPSA) is 21.3 Å². The van der Waals surface area contributed by atoms with Gasteiger partial charge in [0.2, 0.25) is 0 Å². The Hall–Kier alpha value is 0.270. The number of nitrogens with one attached hydrogen (secondary N) is 1. The lowest BCUT2D eigenvalue weighted by atomic mass is 9.81. The van der Waals surface area contributed by atoms with Crippen LogP contribution in [0.25, 0.3) is 0 Å². The van der Waals surface area contributed by atoms with Crippen LogP contribution in [0.4, 0.5) is 0 Å². The van der Waals surface area contributed by atoms with E-state index in [0.717, 1.165) is 24.6 Å². The first kappa shape index (κ1) is 11.4. The van der Waals surface area contributed by atoms with Gasteiger partial charge in [0, 0.05) is 30.4 Å². The van der Waals surface area contributed by atoms with Crippen molar-refractivity contribution >= 4 is 11.8 Å². The molecule has 1 saturated carbocycles. The van der Waals surface area contributed by atoms with Crippen LogP contribution in [0.15, 0.2) is 0 Å². The number of thioether (sulfide) groups is 1. The van der Waals surface area contributed by atoms with Gasteiger partial charge in [0.25, 0.3) is 0 Å². The molecule has 2 nitrogen and oxygen atoms in total. The molecule has 3 rings (SSSR count). The average molecular weight is 241 g/mol. The fraction of sp³-hybridized carbons (Fsp3) is 1.00. The zero-order valence-electron chi connectivity index (χ0n) is 9.99. The number of hydrogen-bond donors (Lipinski definition) is 1. The standard InChI is InChI=1S/C13H23NOS/c1-4-12(11-6-7-15-13(11)5-1)14-10-3-2-8-16-9-10/h10-14H,1-9H2. The first-order valence-corrected chi connectivity index (χ1v) is 8.04. The van der Waals surface area contributed by atoms with Crippen molar-refractivity contribution in [1.29, 1.82) is 0 Å². The Balaban J connectivity index is 1.56. The van der Waals surface area contributed by atoms with Crippen molar-refractivity contribution in [3.8, 4) is 0 Å². The molecule has 4 atom stereocenters. The zero-order valence-corrected chi connectivity index (χ0v) is 10.8. The van der Waals surface area contributed by atoms with E-state index in [4.69, 9.17) is 4.74 Å². The maximum absolute atomic E-state index is 5.83. The van der Waals surface area contributed by atoms with Gasteiger partial charge in [-0.2, -0.15) is 11.8 Å². The molecule has 0 aromatic carbocycles. The van der Waals surface area contributed by atoms with Crippen LogP contribution in [-0.2, 0) is 4.74 Å². The van der Waals surface area contributed by atoms with Crippen molar-refractivity contribution in [3.63, 3.8) is 0 Å². The minimum atomic E-state index is 0.586. The molecule has 3 fully saturated rings. The maximum atomic E-state index is 5.83. The molecule has 0 aromatic rings. The molecule has 92 valence electrons. The fourth-order valence-electron chi connectivity index (χ4n) is 3.56. The lowest BCUT2D eigenvalue weighted by Crippen LogP contribution is -2.49. The number of hydrogen-bond acceptors (Lipinski definition) is 3. The second kappa shape index (κ2) is 5.28. The third-order valence-electron chi connectivity index (χ3n) is 4.39. The first-order chi connectivity index (χ1) is 7.93. The van der Waals surface area contributed by atoms with Crippen molar-refractivity contribution < 1.29 is 4.74 Å². The summed E-state index contributed by atoms with van der Waals surface area (Å²) >= 11 is 2.12. The summed E-state index contributed by atoms with van der Waals surface area (Å²) < 4.78 is 5.83. The Kier molecular flexibility index (Phi) is 3.75. The van der Waals surface area contributed by atoms with Gasteiger partial charge in [-0.05, 0) is 44.3 Å². The third kappa shape index (κ3) is 2.41. The SMILES string of the molecule is C1CSCC(NC2CCCC3OCCC23)C1. The molecule has 0 bridgehead atoms. The lowest BCUT2D eigenvalue weighted by molar-refractivity contribution is 0.0513. The van der Waals surface area contributed by atoms with Crippen molar-refractivity contribution in [1.82, 2.24) is 5.32 Å². The van der Waals surface area contributed by atoms with Gasteiger partial charge in [-0.25, -0.2) is 0 Å². The van der Waals surface area contributed by atoms with Crippen molar-refractivity contribution in [2.45, 2.75) is 56.7 Å². The summed E-state index contributed by atoms with van der Waals surface area (Å²) in [5, 5.41) is 3.93. The van der Waals surface area contributed by atoms with Crippen LogP contribution in [0.5, 0.6) is 0 Å². The largest absolute Gasteiger partial charge is 0.378 e. The van der Waals surface area contributed by atoms with Gasteiger partial charge in [-0.3, -0.25) is 0 Å². The first-order valence-electron chi connectivity index (χ1n) is 6.89. The van der Waals surface area contributed by atoms with E-state index in [9.17, 15) is 0 Å². The van der Waals surface area contributed by atoms with Crippen LogP contribution in [0, 0.1) is 5.92 Å². The Morgan fingerprint density at radius 2 is 2.06 bits per heavy atom. The van der Waals surface area contributed by atoms with Crippen molar-refractivity contribution in [2.75, 3.05) is 18.1 Å². The molecule has 1 aliphatic carbocycles. The second-order valence-corrected chi connectivity index (χ2v) is 6.63. The Bertz CT molecular complexity index is 230. The van der Waals surface area contributed by atoms with Gasteiger partial charge in [-0.1, -0.05) is 0 Å². The van der Waals surface area contributed by atoms with Crippen LogP contribution in [0.1, 0.15) is 38.5 Å².